The molecule has 1 aromatic carbocycles. The van der Waals surface area contributed by atoms with Crippen LogP contribution in [0, 0.1) is 0 Å². The minimum absolute atomic E-state index is 0.0909. The minimum atomic E-state index is -0.245. The lowest BCUT2D eigenvalue weighted by Crippen LogP contribution is -2.13. The topological polar surface area (TPSA) is 103 Å². The Hall–Kier alpha value is -3.22. The molecule has 0 spiro atoms. The molecule has 7 nitrogen and oxygen atoms in total. The number of anilines is 2. The van der Waals surface area contributed by atoms with Crippen LogP contribution in [-0.4, -0.2) is 27.0 Å². The fourth-order valence-corrected chi connectivity index (χ4v) is 2.16. The highest BCUT2D eigenvalue weighted by atomic mass is 16.5. The molecule has 3 rings (SSSR count). The van der Waals surface area contributed by atoms with E-state index in [4.69, 9.17) is 10.5 Å². The zero-order valence-electron chi connectivity index (χ0n) is 13.4. The summed E-state index contributed by atoms with van der Waals surface area (Å²) in [7, 11) is 0. The molecule has 0 atom stereocenters. The van der Waals surface area contributed by atoms with Gasteiger partial charge in [-0.15, -0.1) is 0 Å². The van der Waals surface area contributed by atoms with Crippen LogP contribution in [0.3, 0.4) is 0 Å². The van der Waals surface area contributed by atoms with Gasteiger partial charge in [-0.2, -0.15) is 4.98 Å². The molecule has 0 bridgehead atoms. The molecule has 24 heavy (non-hydrogen) atoms. The molecule has 0 unspecified atom stereocenters. The van der Waals surface area contributed by atoms with Crippen LogP contribution in [0.5, 0.6) is 5.88 Å². The second-order valence-corrected chi connectivity index (χ2v) is 5.44. The number of benzene rings is 1. The van der Waals surface area contributed by atoms with E-state index in [2.05, 4.69) is 20.3 Å². The molecular weight excluding hydrogens is 306 g/mol. The number of nitrogen functional groups attached to an aromatic ring is 1. The van der Waals surface area contributed by atoms with Crippen LogP contribution in [0.4, 0.5) is 11.8 Å². The van der Waals surface area contributed by atoms with Crippen molar-refractivity contribution in [2.45, 2.75) is 20.0 Å². The Labute approximate surface area is 138 Å². The van der Waals surface area contributed by atoms with Crippen molar-refractivity contribution >= 4 is 28.7 Å². The summed E-state index contributed by atoms with van der Waals surface area (Å²) in [5.41, 5.74) is 7.24. The van der Waals surface area contributed by atoms with Crippen LogP contribution in [-0.2, 0) is 0 Å². The number of pyridine rings is 1. The van der Waals surface area contributed by atoms with E-state index in [1.54, 1.807) is 36.4 Å². The molecule has 0 aliphatic rings. The fourth-order valence-electron chi connectivity index (χ4n) is 2.16. The summed E-state index contributed by atoms with van der Waals surface area (Å²) in [5, 5.41) is 2.75. The van der Waals surface area contributed by atoms with E-state index in [9.17, 15) is 4.79 Å². The maximum absolute atomic E-state index is 12.2. The van der Waals surface area contributed by atoms with Crippen LogP contribution in [0.2, 0.25) is 0 Å². The standard InChI is InChI=1S/C17H17N5O2/c1-10(2)24-16-14-12(19-17(18)22-16)8-9-13(20-14)21-15(23)11-6-4-3-5-7-11/h3-10H,1-2H3,(H2,18,19,22)(H,20,21,23). The summed E-state index contributed by atoms with van der Waals surface area (Å²) in [4.78, 5) is 24.9. The lowest BCUT2D eigenvalue weighted by atomic mass is 10.2. The molecular formula is C17H17N5O2. The Bertz CT molecular complexity index is 881. The molecule has 3 aromatic rings. The third-order valence-electron chi connectivity index (χ3n) is 3.15. The quantitative estimate of drug-likeness (QED) is 0.765. The van der Waals surface area contributed by atoms with Crippen LogP contribution in [0.25, 0.3) is 11.0 Å². The molecule has 7 heteroatoms. The maximum Gasteiger partial charge on any atom is 0.256 e. The third-order valence-corrected chi connectivity index (χ3v) is 3.15. The van der Waals surface area contributed by atoms with Crippen molar-refractivity contribution in [3.63, 3.8) is 0 Å². The van der Waals surface area contributed by atoms with Crippen molar-refractivity contribution in [2.75, 3.05) is 11.1 Å². The number of rotatable bonds is 4. The Kier molecular flexibility index (Phi) is 4.24. The van der Waals surface area contributed by atoms with E-state index >= 15 is 0 Å². The summed E-state index contributed by atoms with van der Waals surface area (Å²) in [5.74, 6) is 0.549. The van der Waals surface area contributed by atoms with E-state index in [1.807, 2.05) is 19.9 Å². The minimum Gasteiger partial charge on any atom is -0.473 e. The first-order valence-electron chi connectivity index (χ1n) is 7.50. The third kappa shape index (κ3) is 3.40. The molecule has 122 valence electrons. The SMILES string of the molecule is CC(C)Oc1nc(N)nc2ccc(NC(=O)c3ccccc3)nc12. The predicted molar refractivity (Wildman–Crippen MR) is 91.9 cm³/mol. The monoisotopic (exact) mass is 323 g/mol. The zero-order valence-corrected chi connectivity index (χ0v) is 13.4. The molecule has 2 aromatic heterocycles. The van der Waals surface area contributed by atoms with Gasteiger partial charge in [0.2, 0.25) is 11.8 Å². The number of aromatic nitrogens is 3. The summed E-state index contributed by atoms with van der Waals surface area (Å²) < 4.78 is 5.65. The lowest BCUT2D eigenvalue weighted by Gasteiger charge is -2.12. The van der Waals surface area contributed by atoms with E-state index in [1.165, 1.54) is 0 Å². The first kappa shape index (κ1) is 15.7. The van der Waals surface area contributed by atoms with Gasteiger partial charge in [-0.25, -0.2) is 9.97 Å². The summed E-state index contributed by atoms with van der Waals surface area (Å²) in [6, 6.07) is 12.3. The van der Waals surface area contributed by atoms with Gasteiger partial charge in [-0.1, -0.05) is 18.2 Å². The number of carbonyl (C=O) groups excluding carboxylic acids is 1. The number of carbonyl (C=O) groups is 1. The first-order valence-corrected chi connectivity index (χ1v) is 7.50. The van der Waals surface area contributed by atoms with Gasteiger partial charge in [0.25, 0.3) is 5.91 Å². The Morgan fingerprint density at radius 3 is 2.54 bits per heavy atom. The molecule has 1 amide bonds. The highest BCUT2D eigenvalue weighted by Crippen LogP contribution is 2.24. The number of hydrogen-bond donors (Lipinski definition) is 2. The Morgan fingerprint density at radius 2 is 1.83 bits per heavy atom. The summed E-state index contributed by atoms with van der Waals surface area (Å²) >= 11 is 0. The van der Waals surface area contributed by atoms with Crippen molar-refractivity contribution in [1.82, 2.24) is 15.0 Å². The molecule has 0 fully saturated rings. The Morgan fingerprint density at radius 1 is 1.08 bits per heavy atom. The fraction of sp³-hybridized carbons (Fsp3) is 0.176. The van der Waals surface area contributed by atoms with Gasteiger partial charge in [0.15, 0.2) is 5.52 Å². The molecule has 2 heterocycles. The summed E-state index contributed by atoms with van der Waals surface area (Å²) in [6.45, 7) is 3.76. The number of amides is 1. The molecule has 0 saturated carbocycles. The predicted octanol–water partition coefficient (Wildman–Crippen LogP) is 2.65. The van der Waals surface area contributed by atoms with E-state index in [0.29, 0.717) is 28.3 Å². The average Bonchev–Trinajstić information content (AvgIpc) is 2.55. The van der Waals surface area contributed by atoms with Crippen LogP contribution in [0.15, 0.2) is 42.5 Å². The number of nitrogens with two attached hydrogens (primary N) is 1. The second kappa shape index (κ2) is 6.49. The molecule has 0 aliphatic heterocycles. The largest absolute Gasteiger partial charge is 0.473 e. The van der Waals surface area contributed by atoms with Gasteiger partial charge in [0, 0.05) is 5.56 Å². The van der Waals surface area contributed by atoms with Crippen molar-refractivity contribution < 1.29 is 9.53 Å². The smallest absolute Gasteiger partial charge is 0.256 e. The Balaban J connectivity index is 1.95. The van der Waals surface area contributed by atoms with E-state index < -0.39 is 0 Å². The van der Waals surface area contributed by atoms with E-state index in [0.717, 1.165) is 0 Å². The van der Waals surface area contributed by atoms with Crippen molar-refractivity contribution in [2.24, 2.45) is 0 Å². The summed E-state index contributed by atoms with van der Waals surface area (Å²) in [6.07, 6.45) is -0.0909. The maximum atomic E-state index is 12.2. The lowest BCUT2D eigenvalue weighted by molar-refractivity contribution is 0.102. The van der Waals surface area contributed by atoms with Gasteiger partial charge in [0.05, 0.1) is 11.6 Å². The number of ether oxygens (including phenoxy) is 1. The van der Waals surface area contributed by atoms with Gasteiger partial charge >= 0.3 is 0 Å². The average molecular weight is 323 g/mol. The van der Waals surface area contributed by atoms with Gasteiger partial charge < -0.3 is 15.8 Å². The molecule has 0 aliphatic carbocycles. The number of fused-ring (bicyclic) bond motifs is 1. The van der Waals surface area contributed by atoms with E-state index in [-0.39, 0.29) is 18.0 Å². The van der Waals surface area contributed by atoms with Crippen molar-refractivity contribution in [3.05, 3.63) is 48.0 Å². The van der Waals surface area contributed by atoms with Crippen molar-refractivity contribution in [3.8, 4) is 5.88 Å². The molecule has 3 N–H and O–H groups in total. The van der Waals surface area contributed by atoms with Crippen LogP contribution < -0.4 is 15.8 Å². The van der Waals surface area contributed by atoms with Gasteiger partial charge in [-0.05, 0) is 38.1 Å². The van der Waals surface area contributed by atoms with Crippen LogP contribution in [0.1, 0.15) is 24.2 Å². The normalized spacial score (nSPS) is 10.8. The zero-order chi connectivity index (χ0) is 17.1. The number of nitrogens with one attached hydrogen (secondary N) is 1. The second-order valence-electron chi connectivity index (χ2n) is 5.44. The van der Waals surface area contributed by atoms with Crippen LogP contribution >= 0.6 is 0 Å². The molecule has 0 radical (unpaired) electrons. The van der Waals surface area contributed by atoms with Gasteiger partial charge in [0.1, 0.15) is 5.82 Å². The highest BCUT2D eigenvalue weighted by Gasteiger charge is 2.13. The van der Waals surface area contributed by atoms with Crippen molar-refractivity contribution in [1.29, 1.82) is 0 Å². The number of hydrogen-bond acceptors (Lipinski definition) is 6. The first-order chi connectivity index (χ1) is 11.5. The van der Waals surface area contributed by atoms with Gasteiger partial charge in [-0.3, -0.25) is 4.79 Å². The number of nitrogens with zero attached hydrogens (tertiary/aromatic N) is 3. The molecule has 0 saturated heterocycles. The highest BCUT2D eigenvalue weighted by molar-refractivity contribution is 6.04.